The summed E-state index contributed by atoms with van der Waals surface area (Å²) in [6, 6.07) is 28.1. The third-order valence-electron chi connectivity index (χ3n) is 4.28. The monoisotopic (exact) mass is 403 g/mol. The van der Waals surface area contributed by atoms with Gasteiger partial charge in [0.25, 0.3) is 5.91 Å². The maximum atomic E-state index is 12.4. The molecule has 0 saturated heterocycles. The highest BCUT2D eigenvalue weighted by molar-refractivity contribution is 6.31. The Morgan fingerprint density at radius 1 is 0.793 bits per heavy atom. The van der Waals surface area contributed by atoms with Gasteiger partial charge >= 0.3 is 0 Å². The number of para-hydroxylation sites is 1. The van der Waals surface area contributed by atoms with Crippen LogP contribution in [0.4, 0.5) is 5.69 Å². The minimum atomic E-state index is -0.307. The van der Waals surface area contributed by atoms with Crippen molar-refractivity contribution in [3.05, 3.63) is 96.0 Å². The maximum absolute atomic E-state index is 12.4. The number of benzene rings is 4. The third kappa shape index (κ3) is 4.86. The summed E-state index contributed by atoms with van der Waals surface area (Å²) < 4.78 is 11.5. The van der Waals surface area contributed by atoms with Crippen molar-refractivity contribution < 1.29 is 14.3 Å². The molecular formula is C24H18ClNO3. The number of rotatable bonds is 6. The van der Waals surface area contributed by atoms with Crippen LogP contribution >= 0.6 is 11.6 Å². The molecule has 0 radical (unpaired) electrons. The third-order valence-corrected chi connectivity index (χ3v) is 4.51. The molecule has 0 aliphatic carbocycles. The molecule has 0 aromatic heterocycles. The quantitative estimate of drug-likeness (QED) is 0.410. The predicted octanol–water partition coefficient (Wildman–Crippen LogP) is 6.30. The zero-order valence-electron chi connectivity index (χ0n) is 15.5. The van der Waals surface area contributed by atoms with Crippen molar-refractivity contribution in [1.82, 2.24) is 0 Å². The molecule has 4 aromatic rings. The number of fused-ring (bicyclic) bond motifs is 1. The zero-order chi connectivity index (χ0) is 20.1. The topological polar surface area (TPSA) is 47.6 Å². The number of nitrogens with one attached hydrogen (secondary N) is 1. The molecule has 0 spiro atoms. The van der Waals surface area contributed by atoms with Gasteiger partial charge < -0.3 is 14.8 Å². The second-order valence-corrected chi connectivity index (χ2v) is 6.84. The van der Waals surface area contributed by atoms with Crippen molar-refractivity contribution in [1.29, 1.82) is 0 Å². The van der Waals surface area contributed by atoms with Crippen LogP contribution in [-0.4, -0.2) is 12.5 Å². The number of hydrogen-bond acceptors (Lipinski definition) is 3. The Balaban J connectivity index is 1.44. The summed E-state index contributed by atoms with van der Waals surface area (Å²) in [5.74, 6) is 1.49. The average Bonchev–Trinajstić information content (AvgIpc) is 2.75. The molecule has 0 bridgehead atoms. The van der Waals surface area contributed by atoms with E-state index in [0.717, 1.165) is 10.8 Å². The molecule has 4 rings (SSSR count). The van der Waals surface area contributed by atoms with E-state index in [1.54, 1.807) is 18.2 Å². The van der Waals surface area contributed by atoms with Gasteiger partial charge in [-0.05, 0) is 53.2 Å². The van der Waals surface area contributed by atoms with Crippen molar-refractivity contribution in [3.63, 3.8) is 0 Å². The smallest absolute Gasteiger partial charge is 0.262 e. The Bertz CT molecular complexity index is 1150. The van der Waals surface area contributed by atoms with Gasteiger partial charge in [0.15, 0.2) is 12.4 Å². The first-order valence-electron chi connectivity index (χ1n) is 9.11. The summed E-state index contributed by atoms with van der Waals surface area (Å²) in [6.07, 6.45) is 0. The lowest BCUT2D eigenvalue weighted by atomic mass is 10.1. The molecule has 0 heterocycles. The Labute approximate surface area is 173 Å². The van der Waals surface area contributed by atoms with E-state index in [4.69, 9.17) is 21.1 Å². The molecule has 1 amide bonds. The van der Waals surface area contributed by atoms with E-state index in [1.807, 2.05) is 72.8 Å². The minimum absolute atomic E-state index is 0.129. The molecule has 5 heteroatoms. The Morgan fingerprint density at radius 2 is 1.55 bits per heavy atom. The van der Waals surface area contributed by atoms with Gasteiger partial charge in [0.1, 0.15) is 11.5 Å². The van der Waals surface area contributed by atoms with Crippen LogP contribution in [0.1, 0.15) is 0 Å². The Hall–Kier alpha value is -3.50. The Kier molecular flexibility index (Phi) is 5.63. The summed E-state index contributed by atoms with van der Waals surface area (Å²) in [6.45, 7) is -0.129. The Morgan fingerprint density at radius 3 is 2.38 bits per heavy atom. The van der Waals surface area contributed by atoms with Gasteiger partial charge in [-0.3, -0.25) is 4.79 Å². The zero-order valence-corrected chi connectivity index (χ0v) is 16.2. The fraction of sp³-hybridized carbons (Fsp3) is 0.0417. The molecule has 0 fully saturated rings. The van der Waals surface area contributed by atoms with Gasteiger partial charge in [-0.25, -0.2) is 0 Å². The normalized spacial score (nSPS) is 10.5. The van der Waals surface area contributed by atoms with Crippen molar-refractivity contribution >= 4 is 34.0 Å². The highest BCUT2D eigenvalue weighted by Crippen LogP contribution is 2.32. The maximum Gasteiger partial charge on any atom is 0.262 e. The molecular weight excluding hydrogens is 386 g/mol. The number of amides is 1. The summed E-state index contributed by atoms with van der Waals surface area (Å²) in [4.78, 5) is 12.4. The molecule has 0 unspecified atom stereocenters. The molecule has 144 valence electrons. The van der Waals surface area contributed by atoms with Crippen LogP contribution in [0.25, 0.3) is 10.8 Å². The molecule has 1 N–H and O–H groups in total. The SMILES string of the molecule is O=C(COc1ccc2ccccc2c1)Nc1cc(Cl)ccc1Oc1ccccc1. The van der Waals surface area contributed by atoms with Crippen LogP contribution in [0.3, 0.4) is 0 Å². The lowest BCUT2D eigenvalue weighted by Gasteiger charge is -2.13. The van der Waals surface area contributed by atoms with Crippen LogP contribution in [0.2, 0.25) is 5.02 Å². The van der Waals surface area contributed by atoms with Gasteiger partial charge in [0.05, 0.1) is 5.69 Å². The van der Waals surface area contributed by atoms with Crippen LogP contribution in [0.15, 0.2) is 91.0 Å². The first kappa shape index (κ1) is 18.8. The molecule has 0 saturated carbocycles. The minimum Gasteiger partial charge on any atom is -0.484 e. The number of halogens is 1. The molecule has 29 heavy (non-hydrogen) atoms. The molecule has 0 aliphatic heterocycles. The van der Waals surface area contributed by atoms with Crippen LogP contribution in [-0.2, 0) is 4.79 Å². The standard InChI is InChI=1S/C24H18ClNO3/c25-19-11-13-23(29-20-8-2-1-3-9-20)22(15-19)26-24(27)16-28-21-12-10-17-6-4-5-7-18(17)14-21/h1-15H,16H2,(H,26,27). The molecule has 4 aromatic carbocycles. The average molecular weight is 404 g/mol. The summed E-state index contributed by atoms with van der Waals surface area (Å²) in [7, 11) is 0. The molecule has 0 aliphatic rings. The fourth-order valence-electron chi connectivity index (χ4n) is 2.90. The van der Waals surface area contributed by atoms with Crippen molar-refractivity contribution in [2.45, 2.75) is 0 Å². The van der Waals surface area contributed by atoms with Crippen LogP contribution in [0.5, 0.6) is 17.2 Å². The van der Waals surface area contributed by atoms with Gasteiger partial charge in [-0.15, -0.1) is 0 Å². The highest BCUT2D eigenvalue weighted by atomic mass is 35.5. The highest BCUT2D eigenvalue weighted by Gasteiger charge is 2.11. The first-order valence-corrected chi connectivity index (χ1v) is 9.49. The van der Waals surface area contributed by atoms with Gasteiger partial charge in [-0.2, -0.15) is 0 Å². The van der Waals surface area contributed by atoms with Gasteiger partial charge in [-0.1, -0.05) is 60.1 Å². The second kappa shape index (κ2) is 8.67. The van der Waals surface area contributed by atoms with E-state index >= 15 is 0 Å². The van der Waals surface area contributed by atoms with Crippen LogP contribution in [0, 0.1) is 0 Å². The lowest BCUT2D eigenvalue weighted by molar-refractivity contribution is -0.118. The number of anilines is 1. The van der Waals surface area contributed by atoms with E-state index in [9.17, 15) is 4.79 Å². The first-order chi connectivity index (χ1) is 14.2. The van der Waals surface area contributed by atoms with Gasteiger partial charge in [0, 0.05) is 5.02 Å². The van der Waals surface area contributed by atoms with Crippen molar-refractivity contribution in [3.8, 4) is 17.2 Å². The number of ether oxygens (including phenoxy) is 2. The second-order valence-electron chi connectivity index (χ2n) is 6.40. The number of hydrogen-bond donors (Lipinski definition) is 1. The number of carbonyl (C=O) groups is 1. The van der Waals surface area contributed by atoms with Crippen LogP contribution < -0.4 is 14.8 Å². The predicted molar refractivity (Wildman–Crippen MR) is 116 cm³/mol. The molecule has 4 nitrogen and oxygen atoms in total. The van der Waals surface area contributed by atoms with E-state index in [-0.39, 0.29) is 12.5 Å². The summed E-state index contributed by atoms with van der Waals surface area (Å²) in [5.41, 5.74) is 0.480. The van der Waals surface area contributed by atoms with E-state index in [2.05, 4.69) is 5.32 Å². The molecule has 0 atom stereocenters. The summed E-state index contributed by atoms with van der Waals surface area (Å²) in [5, 5.41) is 5.47. The summed E-state index contributed by atoms with van der Waals surface area (Å²) >= 11 is 6.09. The van der Waals surface area contributed by atoms with E-state index in [1.165, 1.54) is 0 Å². The van der Waals surface area contributed by atoms with E-state index < -0.39 is 0 Å². The largest absolute Gasteiger partial charge is 0.484 e. The van der Waals surface area contributed by atoms with E-state index in [0.29, 0.717) is 28.0 Å². The lowest BCUT2D eigenvalue weighted by Crippen LogP contribution is -2.20. The van der Waals surface area contributed by atoms with Crippen molar-refractivity contribution in [2.75, 3.05) is 11.9 Å². The number of carbonyl (C=O) groups excluding carboxylic acids is 1. The van der Waals surface area contributed by atoms with Crippen molar-refractivity contribution in [2.24, 2.45) is 0 Å². The fourth-order valence-corrected chi connectivity index (χ4v) is 3.07. The van der Waals surface area contributed by atoms with Gasteiger partial charge in [0.2, 0.25) is 0 Å².